The molecular formula is C21H29N7. The molecule has 1 saturated heterocycles. The van der Waals surface area contributed by atoms with Crippen molar-refractivity contribution in [1.29, 1.82) is 0 Å². The van der Waals surface area contributed by atoms with Crippen molar-refractivity contribution in [2.24, 2.45) is 16.5 Å². The molecule has 0 atom stereocenters. The number of aliphatic imine (C=N–C) groups is 1. The number of rotatable bonds is 6. The highest BCUT2D eigenvalue weighted by atomic mass is 15.1. The number of nitrogens with zero attached hydrogens (tertiary/aromatic N) is 4. The van der Waals surface area contributed by atoms with Crippen LogP contribution in [-0.4, -0.2) is 47.3 Å². The molecule has 148 valence electrons. The summed E-state index contributed by atoms with van der Waals surface area (Å²) in [5.74, 6) is 0.490. The molecule has 7 heteroatoms. The second-order valence-electron chi connectivity index (χ2n) is 7.17. The lowest BCUT2D eigenvalue weighted by atomic mass is 10.0. The number of aryl methyl sites for hydroxylation is 1. The maximum Gasteiger partial charge on any atom is 0.227 e. The first-order chi connectivity index (χ1) is 13.6. The molecule has 0 amide bonds. The Bertz CT molecular complexity index is 852. The van der Waals surface area contributed by atoms with Gasteiger partial charge in [-0.05, 0) is 63.2 Å². The van der Waals surface area contributed by atoms with E-state index in [0.717, 1.165) is 48.3 Å². The predicted molar refractivity (Wildman–Crippen MR) is 115 cm³/mol. The number of anilines is 1. The molecule has 0 saturated carbocycles. The Kier molecular flexibility index (Phi) is 6.73. The molecule has 1 aliphatic rings. The van der Waals surface area contributed by atoms with Gasteiger partial charge >= 0.3 is 0 Å². The van der Waals surface area contributed by atoms with Gasteiger partial charge in [0.2, 0.25) is 5.95 Å². The number of allylic oxidation sites excluding steroid dienone is 1. The fourth-order valence-corrected chi connectivity index (χ4v) is 3.24. The predicted octanol–water partition coefficient (Wildman–Crippen LogP) is 2.29. The molecule has 2 aromatic rings. The van der Waals surface area contributed by atoms with Gasteiger partial charge in [0.25, 0.3) is 0 Å². The van der Waals surface area contributed by atoms with Crippen LogP contribution < -0.4 is 16.8 Å². The standard InChI is InChI=1S/C21H29N7/c1-15-11-16(3-4-17(15)12-22)20-5-8-24-21(27-20)26-19(13-23)14-25-18-6-9-28(2)10-7-18/h3-5,8,11,13-14,18H,6-7,9-10,12,22-23H2,1-2H3,(H,24,26,27). The van der Waals surface area contributed by atoms with Gasteiger partial charge in [-0.2, -0.15) is 0 Å². The summed E-state index contributed by atoms with van der Waals surface area (Å²) in [7, 11) is 2.14. The molecule has 0 unspecified atom stereocenters. The summed E-state index contributed by atoms with van der Waals surface area (Å²) < 4.78 is 0. The Balaban J connectivity index is 1.70. The van der Waals surface area contributed by atoms with Gasteiger partial charge in [-0.1, -0.05) is 12.1 Å². The molecule has 7 nitrogen and oxygen atoms in total. The van der Waals surface area contributed by atoms with Crippen molar-refractivity contribution in [1.82, 2.24) is 14.9 Å². The van der Waals surface area contributed by atoms with E-state index in [1.54, 1.807) is 12.4 Å². The van der Waals surface area contributed by atoms with E-state index in [1.807, 2.05) is 18.2 Å². The highest BCUT2D eigenvalue weighted by Gasteiger charge is 2.15. The molecule has 0 bridgehead atoms. The van der Waals surface area contributed by atoms with E-state index in [9.17, 15) is 0 Å². The SMILES string of the molecule is Cc1cc(-c2ccnc(NC(C=NC3CCN(C)CC3)=CN)n2)ccc1CN. The Labute approximate surface area is 166 Å². The fraction of sp³-hybridized carbons (Fsp3) is 0.381. The van der Waals surface area contributed by atoms with E-state index in [-0.39, 0.29) is 0 Å². The van der Waals surface area contributed by atoms with Gasteiger partial charge in [-0.15, -0.1) is 0 Å². The van der Waals surface area contributed by atoms with Gasteiger partial charge in [0.05, 0.1) is 17.4 Å². The summed E-state index contributed by atoms with van der Waals surface area (Å²) in [6.45, 7) is 4.74. The monoisotopic (exact) mass is 379 g/mol. The van der Waals surface area contributed by atoms with Crippen LogP contribution in [0.3, 0.4) is 0 Å². The summed E-state index contributed by atoms with van der Waals surface area (Å²) >= 11 is 0. The smallest absolute Gasteiger partial charge is 0.227 e. The van der Waals surface area contributed by atoms with Crippen molar-refractivity contribution < 1.29 is 0 Å². The highest BCUT2D eigenvalue weighted by molar-refractivity contribution is 5.82. The van der Waals surface area contributed by atoms with Crippen LogP contribution in [-0.2, 0) is 6.54 Å². The molecule has 1 aromatic heterocycles. The number of benzene rings is 1. The first-order valence-electron chi connectivity index (χ1n) is 9.62. The quantitative estimate of drug-likeness (QED) is 0.665. The average Bonchev–Trinajstić information content (AvgIpc) is 2.72. The van der Waals surface area contributed by atoms with Crippen LogP contribution in [0.1, 0.15) is 24.0 Å². The Hall–Kier alpha value is -2.77. The normalized spacial score (nSPS) is 16.6. The van der Waals surface area contributed by atoms with Crippen molar-refractivity contribution in [3.63, 3.8) is 0 Å². The van der Waals surface area contributed by atoms with Crippen molar-refractivity contribution in [3.8, 4) is 11.3 Å². The van der Waals surface area contributed by atoms with Crippen molar-refractivity contribution in [2.75, 3.05) is 25.5 Å². The van der Waals surface area contributed by atoms with Crippen molar-refractivity contribution in [3.05, 3.63) is 53.5 Å². The van der Waals surface area contributed by atoms with Crippen LogP contribution >= 0.6 is 0 Å². The van der Waals surface area contributed by atoms with Crippen LogP contribution in [0.5, 0.6) is 0 Å². The lowest BCUT2D eigenvalue weighted by molar-refractivity contribution is 0.257. The second-order valence-corrected chi connectivity index (χ2v) is 7.17. The van der Waals surface area contributed by atoms with E-state index in [0.29, 0.717) is 24.2 Å². The molecular weight excluding hydrogens is 350 g/mol. The third-order valence-corrected chi connectivity index (χ3v) is 5.06. The Morgan fingerprint density at radius 2 is 2.11 bits per heavy atom. The lowest BCUT2D eigenvalue weighted by Crippen LogP contribution is -2.32. The number of nitrogens with one attached hydrogen (secondary N) is 1. The van der Waals surface area contributed by atoms with E-state index in [2.05, 4.69) is 45.2 Å². The van der Waals surface area contributed by atoms with Crippen molar-refractivity contribution in [2.45, 2.75) is 32.4 Å². The van der Waals surface area contributed by atoms with Crippen LogP contribution in [0.25, 0.3) is 11.3 Å². The van der Waals surface area contributed by atoms with Gasteiger partial charge in [0.1, 0.15) is 0 Å². The van der Waals surface area contributed by atoms with Crippen LogP contribution in [0.2, 0.25) is 0 Å². The molecule has 3 rings (SSSR count). The van der Waals surface area contributed by atoms with E-state index in [1.165, 1.54) is 6.20 Å². The zero-order valence-corrected chi connectivity index (χ0v) is 16.6. The van der Waals surface area contributed by atoms with Crippen LogP contribution in [0.4, 0.5) is 5.95 Å². The molecule has 5 N–H and O–H groups in total. The number of hydrogen-bond donors (Lipinski definition) is 3. The topological polar surface area (TPSA) is 105 Å². The summed E-state index contributed by atoms with van der Waals surface area (Å²) in [5.41, 5.74) is 16.4. The Morgan fingerprint density at radius 1 is 1.32 bits per heavy atom. The number of aromatic nitrogens is 2. The minimum absolute atomic E-state index is 0.337. The number of hydrogen-bond acceptors (Lipinski definition) is 7. The number of likely N-dealkylation sites (tertiary alicyclic amines) is 1. The summed E-state index contributed by atoms with van der Waals surface area (Å²) in [6, 6.07) is 8.39. The Morgan fingerprint density at radius 3 is 2.79 bits per heavy atom. The molecule has 1 aliphatic heterocycles. The largest absolute Gasteiger partial charge is 0.403 e. The number of nitrogens with two attached hydrogens (primary N) is 2. The fourth-order valence-electron chi connectivity index (χ4n) is 3.24. The molecule has 0 aliphatic carbocycles. The molecule has 28 heavy (non-hydrogen) atoms. The van der Waals surface area contributed by atoms with Gasteiger partial charge in [0.15, 0.2) is 0 Å². The zero-order valence-electron chi connectivity index (χ0n) is 16.6. The van der Waals surface area contributed by atoms with Gasteiger partial charge in [-0.3, -0.25) is 4.99 Å². The highest BCUT2D eigenvalue weighted by Crippen LogP contribution is 2.21. The first-order valence-corrected chi connectivity index (χ1v) is 9.62. The maximum atomic E-state index is 5.77. The van der Waals surface area contributed by atoms with Crippen LogP contribution in [0, 0.1) is 6.92 Å². The van der Waals surface area contributed by atoms with E-state index >= 15 is 0 Å². The minimum Gasteiger partial charge on any atom is -0.403 e. The lowest BCUT2D eigenvalue weighted by Gasteiger charge is -2.26. The zero-order chi connectivity index (χ0) is 19.9. The third kappa shape index (κ3) is 5.15. The van der Waals surface area contributed by atoms with Gasteiger partial charge in [-0.25, -0.2) is 9.97 Å². The summed E-state index contributed by atoms with van der Waals surface area (Å²) in [4.78, 5) is 15.9. The van der Waals surface area contributed by atoms with E-state index in [4.69, 9.17) is 11.5 Å². The third-order valence-electron chi connectivity index (χ3n) is 5.06. The maximum absolute atomic E-state index is 5.77. The average molecular weight is 380 g/mol. The second kappa shape index (κ2) is 9.43. The molecule has 0 radical (unpaired) electrons. The summed E-state index contributed by atoms with van der Waals surface area (Å²) in [5, 5.41) is 3.16. The van der Waals surface area contributed by atoms with Crippen molar-refractivity contribution >= 4 is 12.2 Å². The first kappa shape index (κ1) is 20.0. The van der Waals surface area contributed by atoms with Crippen LogP contribution in [0.15, 0.2) is 47.4 Å². The van der Waals surface area contributed by atoms with Gasteiger partial charge in [0, 0.05) is 30.7 Å². The van der Waals surface area contributed by atoms with E-state index < -0.39 is 0 Å². The summed E-state index contributed by atoms with van der Waals surface area (Å²) in [6.07, 6.45) is 7.14. The van der Waals surface area contributed by atoms with Gasteiger partial charge < -0.3 is 21.7 Å². The number of piperidine rings is 1. The molecule has 1 fully saturated rings. The molecule has 2 heterocycles. The minimum atomic E-state index is 0.337. The molecule has 0 spiro atoms. The molecule has 1 aromatic carbocycles.